The molecule has 0 aliphatic carbocycles. The van der Waals surface area contributed by atoms with Gasteiger partial charge in [0.05, 0.1) is 19.3 Å². The molecule has 2 saturated heterocycles. The van der Waals surface area contributed by atoms with E-state index >= 15 is 0 Å². The van der Waals surface area contributed by atoms with Gasteiger partial charge in [0.15, 0.2) is 6.10 Å². The lowest BCUT2D eigenvalue weighted by Crippen LogP contribution is -2.69. The van der Waals surface area contributed by atoms with E-state index in [9.17, 15) is 20.4 Å². The summed E-state index contributed by atoms with van der Waals surface area (Å²) in [5.74, 6) is -2.45. The lowest BCUT2D eigenvalue weighted by atomic mass is 9.96. The third-order valence-electron chi connectivity index (χ3n) is 4.13. The van der Waals surface area contributed by atoms with E-state index in [0.717, 1.165) is 0 Å². The number of nitrogens with two attached hydrogens (primary N) is 1. The molecule has 2 aliphatic heterocycles. The lowest BCUT2D eigenvalue weighted by Gasteiger charge is -2.42. The summed E-state index contributed by atoms with van der Waals surface area (Å²) in [5, 5.41) is 81.6. The Kier molecular flexibility index (Phi) is 13.0. The molecular weight excluding hydrogens is 417 g/mol. The maximum absolute atomic E-state index is 9.23. The molecule has 0 spiro atoms. The van der Waals surface area contributed by atoms with Crippen molar-refractivity contribution < 1.29 is 55.4 Å². The molecular formula is C13H29Cl2NO11. The second-order valence-electron chi connectivity index (χ2n) is 6.05. The van der Waals surface area contributed by atoms with E-state index in [1.54, 1.807) is 6.92 Å². The van der Waals surface area contributed by atoms with Crippen LogP contribution >= 0.6 is 24.8 Å². The van der Waals surface area contributed by atoms with Crippen LogP contribution in [-0.2, 0) is 9.47 Å². The number of hydrogen-bond acceptors (Lipinski definition) is 12. The van der Waals surface area contributed by atoms with Gasteiger partial charge in [-0.1, -0.05) is 0 Å². The molecule has 0 radical (unpaired) electrons. The zero-order valence-corrected chi connectivity index (χ0v) is 16.0. The smallest absolute Gasteiger partial charge is 0.252 e. The van der Waals surface area contributed by atoms with Gasteiger partial charge in [0.1, 0.15) is 42.7 Å². The predicted molar refractivity (Wildman–Crippen MR) is 93.1 cm³/mol. The van der Waals surface area contributed by atoms with Crippen LogP contribution in [0.3, 0.4) is 0 Å². The minimum absolute atomic E-state index is 0. The fourth-order valence-corrected chi connectivity index (χ4v) is 2.47. The third-order valence-corrected chi connectivity index (χ3v) is 4.13. The Bertz CT molecular complexity index is 415. The summed E-state index contributed by atoms with van der Waals surface area (Å²) in [5.41, 5.74) is 5.04. The largest absolute Gasteiger partial charge is 0.394 e. The molecule has 2 rings (SSSR count). The van der Waals surface area contributed by atoms with Gasteiger partial charge in [0.25, 0.3) is 5.91 Å². The van der Waals surface area contributed by atoms with E-state index in [0.29, 0.717) is 0 Å². The second kappa shape index (κ2) is 11.9. The number of ether oxygens (including phenoxy) is 2. The van der Waals surface area contributed by atoms with Crippen LogP contribution in [0.1, 0.15) is 6.92 Å². The summed E-state index contributed by atoms with van der Waals surface area (Å²) < 4.78 is 9.56. The van der Waals surface area contributed by atoms with Crippen molar-refractivity contribution in [2.75, 3.05) is 13.2 Å². The SMILES string of the molecule is CC1O[C@H](CO)[C@@H](O)[C@H](O)[C@H]1O.Cl.Cl.N[C@@]1(O)O[C@H](CO)[C@@H](O)[C@H](O)[C@H]1O. The van der Waals surface area contributed by atoms with E-state index in [1.165, 1.54) is 0 Å². The van der Waals surface area contributed by atoms with E-state index in [2.05, 4.69) is 4.74 Å². The normalized spacial score (nSPS) is 47.0. The molecule has 2 heterocycles. The van der Waals surface area contributed by atoms with Gasteiger partial charge in [-0.05, 0) is 6.92 Å². The maximum atomic E-state index is 9.23. The molecule has 1 unspecified atom stereocenters. The Balaban J connectivity index is 0. The van der Waals surface area contributed by atoms with Crippen molar-refractivity contribution in [1.29, 1.82) is 0 Å². The zero-order valence-electron chi connectivity index (χ0n) is 14.3. The minimum atomic E-state index is -2.45. The fourth-order valence-electron chi connectivity index (χ4n) is 2.47. The molecule has 2 fully saturated rings. The molecule has 11 N–H and O–H groups in total. The van der Waals surface area contributed by atoms with Crippen molar-refractivity contribution in [1.82, 2.24) is 0 Å². The summed E-state index contributed by atoms with van der Waals surface area (Å²) in [6.45, 7) is 0.585. The average Bonchev–Trinajstić information content (AvgIpc) is 2.58. The van der Waals surface area contributed by atoms with Gasteiger partial charge < -0.3 is 55.4 Å². The Hall–Kier alpha value is 0.100. The summed E-state index contributed by atoms with van der Waals surface area (Å²) in [6, 6.07) is 0. The number of hydrogen-bond donors (Lipinski definition) is 10. The molecule has 0 amide bonds. The first kappa shape index (κ1) is 29.3. The lowest BCUT2D eigenvalue weighted by molar-refractivity contribution is -0.346. The van der Waals surface area contributed by atoms with Crippen LogP contribution in [0.2, 0.25) is 0 Å². The molecule has 14 heteroatoms. The van der Waals surface area contributed by atoms with Gasteiger partial charge in [-0.25, -0.2) is 0 Å². The van der Waals surface area contributed by atoms with Crippen molar-refractivity contribution >= 4 is 24.8 Å². The van der Waals surface area contributed by atoms with Gasteiger partial charge in [-0.2, -0.15) is 0 Å². The summed E-state index contributed by atoms with van der Waals surface area (Å²) >= 11 is 0. The molecule has 166 valence electrons. The average molecular weight is 446 g/mol. The van der Waals surface area contributed by atoms with Crippen LogP contribution in [-0.4, -0.2) is 120 Å². The minimum Gasteiger partial charge on any atom is -0.394 e. The topological polar surface area (TPSA) is 227 Å². The number of aliphatic hydroxyl groups excluding tert-OH is 8. The Morgan fingerprint density at radius 3 is 1.67 bits per heavy atom. The van der Waals surface area contributed by atoms with Crippen LogP contribution in [0.15, 0.2) is 0 Å². The molecule has 10 atom stereocenters. The van der Waals surface area contributed by atoms with Crippen LogP contribution in [0.25, 0.3) is 0 Å². The van der Waals surface area contributed by atoms with Crippen LogP contribution in [0.4, 0.5) is 0 Å². The fraction of sp³-hybridized carbons (Fsp3) is 1.00. The second-order valence-corrected chi connectivity index (χ2v) is 6.05. The summed E-state index contributed by atoms with van der Waals surface area (Å²) in [6.07, 6.45) is -11.1. The molecule has 12 nitrogen and oxygen atoms in total. The van der Waals surface area contributed by atoms with Crippen LogP contribution < -0.4 is 5.73 Å². The standard InChI is InChI=1S/C7H14O5.C6H13NO6.2ClH/c1-3-5(9)7(11)6(10)4(2-8)12-3;7-6(12)5(11)4(10)3(9)2(1-8)13-6;;/h3-11H,2H2,1H3;2-5,8-12H,1,7H2;2*1H/t3?,4-,5+,6-,7-;2-,3-,4+,5-,6+;;/m11../s1. The first-order valence-corrected chi connectivity index (χ1v) is 7.62. The van der Waals surface area contributed by atoms with Crippen molar-refractivity contribution in [3.63, 3.8) is 0 Å². The van der Waals surface area contributed by atoms with Crippen molar-refractivity contribution in [3.8, 4) is 0 Å². The number of aliphatic hydroxyl groups is 9. The summed E-state index contributed by atoms with van der Waals surface area (Å²) in [4.78, 5) is 0. The van der Waals surface area contributed by atoms with Crippen LogP contribution in [0, 0.1) is 0 Å². The van der Waals surface area contributed by atoms with Gasteiger partial charge in [-0.3, -0.25) is 5.73 Å². The molecule has 0 bridgehead atoms. The van der Waals surface area contributed by atoms with Gasteiger partial charge >= 0.3 is 0 Å². The molecule has 0 aromatic rings. The first-order chi connectivity index (χ1) is 11.5. The van der Waals surface area contributed by atoms with E-state index in [-0.39, 0.29) is 31.4 Å². The van der Waals surface area contributed by atoms with E-state index in [4.69, 9.17) is 36.0 Å². The quantitative estimate of drug-likeness (QED) is 0.180. The molecule has 0 aromatic carbocycles. The number of halogens is 2. The third kappa shape index (κ3) is 6.83. The highest BCUT2D eigenvalue weighted by atomic mass is 35.5. The first-order valence-electron chi connectivity index (χ1n) is 7.62. The zero-order chi connectivity index (χ0) is 19.5. The maximum Gasteiger partial charge on any atom is 0.252 e. The van der Waals surface area contributed by atoms with Crippen molar-refractivity contribution in [2.24, 2.45) is 5.73 Å². The Morgan fingerprint density at radius 1 is 0.778 bits per heavy atom. The Labute approximate surface area is 167 Å². The van der Waals surface area contributed by atoms with Gasteiger partial charge in [-0.15, -0.1) is 24.8 Å². The molecule has 27 heavy (non-hydrogen) atoms. The molecule has 0 saturated carbocycles. The predicted octanol–water partition coefficient (Wildman–Crippen LogP) is -5.24. The number of rotatable bonds is 2. The van der Waals surface area contributed by atoms with Crippen molar-refractivity contribution in [2.45, 2.75) is 67.8 Å². The highest BCUT2D eigenvalue weighted by molar-refractivity contribution is 5.85. The monoisotopic (exact) mass is 445 g/mol. The highest BCUT2D eigenvalue weighted by Crippen LogP contribution is 2.24. The van der Waals surface area contributed by atoms with Crippen molar-refractivity contribution in [3.05, 3.63) is 0 Å². The van der Waals surface area contributed by atoms with Crippen LogP contribution in [0.5, 0.6) is 0 Å². The molecule has 0 aromatic heterocycles. The van der Waals surface area contributed by atoms with E-state index < -0.39 is 67.5 Å². The van der Waals surface area contributed by atoms with Gasteiger partial charge in [0.2, 0.25) is 0 Å². The summed E-state index contributed by atoms with van der Waals surface area (Å²) in [7, 11) is 0. The van der Waals surface area contributed by atoms with E-state index in [1.807, 2.05) is 0 Å². The highest BCUT2D eigenvalue weighted by Gasteiger charge is 2.50. The molecule has 2 aliphatic rings. The van der Waals surface area contributed by atoms with Gasteiger partial charge in [0, 0.05) is 0 Å². The Morgan fingerprint density at radius 2 is 1.22 bits per heavy atom.